The molecule has 14 heavy (non-hydrogen) atoms. The lowest BCUT2D eigenvalue weighted by Crippen LogP contribution is -2.03. The highest BCUT2D eigenvalue weighted by Crippen LogP contribution is 2.23. The lowest BCUT2D eigenvalue weighted by atomic mass is 10.00. The number of carbonyl (C=O) groups is 1. The van der Waals surface area contributed by atoms with E-state index in [1.807, 2.05) is 6.07 Å². The smallest absolute Gasteiger partial charge is 0.307 e. The van der Waals surface area contributed by atoms with Gasteiger partial charge in [0.2, 0.25) is 0 Å². The highest BCUT2D eigenvalue weighted by Gasteiger charge is 2.11. The fraction of sp³-hybridized carbons (Fsp3) is 0.200. The molecule has 4 heteroatoms. The number of phenolic OH excluding ortho intramolecular Hbond substituents is 1. The molecule has 0 heterocycles. The quantitative estimate of drug-likeness (QED) is 0.735. The molecule has 1 aromatic carbocycles. The van der Waals surface area contributed by atoms with Crippen LogP contribution in [0.15, 0.2) is 12.1 Å². The molecule has 4 nitrogen and oxygen atoms in total. The summed E-state index contributed by atoms with van der Waals surface area (Å²) in [5.74, 6) is -0.984. The van der Waals surface area contributed by atoms with E-state index in [1.54, 1.807) is 6.92 Å². The van der Waals surface area contributed by atoms with Crippen LogP contribution in [0, 0.1) is 18.3 Å². The van der Waals surface area contributed by atoms with E-state index in [9.17, 15) is 9.90 Å². The molecule has 2 N–H and O–H groups in total. The van der Waals surface area contributed by atoms with Crippen LogP contribution in [0.2, 0.25) is 0 Å². The number of hydrogen-bond donors (Lipinski definition) is 2. The zero-order valence-corrected chi connectivity index (χ0v) is 7.61. The molecule has 0 aliphatic carbocycles. The van der Waals surface area contributed by atoms with Gasteiger partial charge in [0.15, 0.2) is 0 Å². The van der Waals surface area contributed by atoms with Crippen molar-refractivity contribution in [1.82, 2.24) is 0 Å². The first-order valence-corrected chi connectivity index (χ1v) is 3.99. The minimum atomic E-state index is -0.994. The summed E-state index contributed by atoms with van der Waals surface area (Å²) in [7, 11) is 0. The molecular weight excluding hydrogens is 182 g/mol. The largest absolute Gasteiger partial charge is 0.508 e. The van der Waals surface area contributed by atoms with Crippen molar-refractivity contribution in [1.29, 1.82) is 5.26 Å². The fourth-order valence-corrected chi connectivity index (χ4v) is 1.22. The molecule has 0 aromatic heterocycles. The molecule has 0 fully saturated rings. The second kappa shape index (κ2) is 3.79. The van der Waals surface area contributed by atoms with Crippen molar-refractivity contribution >= 4 is 5.97 Å². The maximum absolute atomic E-state index is 10.5. The lowest BCUT2D eigenvalue weighted by Gasteiger charge is -2.05. The van der Waals surface area contributed by atoms with E-state index in [2.05, 4.69) is 0 Å². The molecule has 0 saturated carbocycles. The Balaban J connectivity index is 3.26. The van der Waals surface area contributed by atoms with Crippen LogP contribution in [0.4, 0.5) is 0 Å². The summed E-state index contributed by atoms with van der Waals surface area (Å²) in [5, 5.41) is 26.6. The zero-order valence-electron chi connectivity index (χ0n) is 7.61. The van der Waals surface area contributed by atoms with Gasteiger partial charge >= 0.3 is 5.97 Å². The Labute approximate surface area is 81.0 Å². The molecule has 0 bridgehead atoms. The predicted molar refractivity (Wildman–Crippen MR) is 48.9 cm³/mol. The Morgan fingerprint density at radius 2 is 2.21 bits per heavy atom. The maximum atomic E-state index is 10.5. The third-order valence-corrected chi connectivity index (χ3v) is 1.98. The van der Waals surface area contributed by atoms with E-state index in [0.29, 0.717) is 11.1 Å². The van der Waals surface area contributed by atoms with Gasteiger partial charge in [0.25, 0.3) is 0 Å². The summed E-state index contributed by atoms with van der Waals surface area (Å²) in [6.45, 7) is 1.58. The van der Waals surface area contributed by atoms with Crippen LogP contribution in [0.25, 0.3) is 0 Å². The standard InChI is InChI=1S/C10H9NO3/c1-6-8(5-11)7(4-10(13)14)2-3-9(6)12/h2-3,12H,4H2,1H3,(H,13,14). The third kappa shape index (κ3) is 1.83. The molecule has 0 spiro atoms. The number of benzene rings is 1. The second-order valence-corrected chi connectivity index (χ2v) is 2.93. The Hall–Kier alpha value is -2.02. The number of nitriles is 1. The van der Waals surface area contributed by atoms with Crippen molar-refractivity contribution in [3.05, 3.63) is 28.8 Å². The highest BCUT2D eigenvalue weighted by molar-refractivity contribution is 5.72. The zero-order chi connectivity index (χ0) is 10.7. The average Bonchev–Trinajstić information content (AvgIpc) is 2.11. The van der Waals surface area contributed by atoms with Gasteiger partial charge in [0.05, 0.1) is 18.1 Å². The molecule has 0 saturated heterocycles. The third-order valence-electron chi connectivity index (χ3n) is 1.98. The fourth-order valence-electron chi connectivity index (χ4n) is 1.22. The number of rotatable bonds is 2. The van der Waals surface area contributed by atoms with Gasteiger partial charge in [0.1, 0.15) is 5.75 Å². The first-order chi connectivity index (χ1) is 6.56. The van der Waals surface area contributed by atoms with Crippen molar-refractivity contribution in [3.8, 4) is 11.8 Å². The van der Waals surface area contributed by atoms with E-state index in [0.717, 1.165) is 0 Å². The molecule has 1 rings (SSSR count). The van der Waals surface area contributed by atoms with Crippen LogP contribution in [-0.4, -0.2) is 16.2 Å². The summed E-state index contributed by atoms with van der Waals surface area (Å²) in [6.07, 6.45) is -0.204. The first kappa shape index (κ1) is 10.1. The summed E-state index contributed by atoms with van der Waals surface area (Å²) in [5.41, 5.74) is 1.09. The van der Waals surface area contributed by atoms with Gasteiger partial charge in [-0.3, -0.25) is 4.79 Å². The van der Waals surface area contributed by atoms with Gasteiger partial charge in [-0.15, -0.1) is 0 Å². The molecule has 0 radical (unpaired) electrons. The molecule has 72 valence electrons. The van der Waals surface area contributed by atoms with E-state index < -0.39 is 5.97 Å². The summed E-state index contributed by atoms with van der Waals surface area (Å²) >= 11 is 0. The van der Waals surface area contributed by atoms with Crippen molar-refractivity contribution < 1.29 is 15.0 Å². The van der Waals surface area contributed by atoms with E-state index in [1.165, 1.54) is 12.1 Å². The maximum Gasteiger partial charge on any atom is 0.307 e. The van der Waals surface area contributed by atoms with Crippen molar-refractivity contribution in [3.63, 3.8) is 0 Å². The normalized spacial score (nSPS) is 9.43. The lowest BCUT2D eigenvalue weighted by molar-refractivity contribution is -0.136. The number of aliphatic carboxylic acids is 1. The summed E-state index contributed by atoms with van der Waals surface area (Å²) in [6, 6.07) is 4.74. The number of carboxylic acids is 1. The van der Waals surface area contributed by atoms with Gasteiger partial charge in [-0.05, 0) is 18.6 Å². The second-order valence-electron chi connectivity index (χ2n) is 2.93. The Kier molecular flexibility index (Phi) is 2.73. The van der Waals surface area contributed by atoms with Crippen LogP contribution in [0.5, 0.6) is 5.75 Å². The van der Waals surface area contributed by atoms with E-state index in [4.69, 9.17) is 10.4 Å². The molecule has 0 amide bonds. The van der Waals surface area contributed by atoms with Gasteiger partial charge in [-0.1, -0.05) is 6.07 Å². The monoisotopic (exact) mass is 191 g/mol. The first-order valence-electron chi connectivity index (χ1n) is 3.99. The number of carboxylic acid groups (broad SMARTS) is 1. The molecule has 0 unspecified atom stereocenters. The minimum Gasteiger partial charge on any atom is -0.508 e. The van der Waals surface area contributed by atoms with E-state index >= 15 is 0 Å². The van der Waals surface area contributed by atoms with Crippen LogP contribution >= 0.6 is 0 Å². The summed E-state index contributed by atoms with van der Waals surface area (Å²) in [4.78, 5) is 10.5. The van der Waals surface area contributed by atoms with Gasteiger partial charge in [-0.25, -0.2) is 0 Å². The van der Waals surface area contributed by atoms with Crippen LogP contribution in [0.3, 0.4) is 0 Å². The number of phenols is 1. The SMILES string of the molecule is Cc1c(O)ccc(CC(=O)O)c1C#N. The van der Waals surface area contributed by atoms with Gasteiger partial charge in [0, 0.05) is 5.56 Å². The highest BCUT2D eigenvalue weighted by atomic mass is 16.4. The van der Waals surface area contributed by atoms with E-state index in [-0.39, 0.29) is 17.7 Å². The van der Waals surface area contributed by atoms with Crippen molar-refractivity contribution in [2.75, 3.05) is 0 Å². The molecular formula is C10H9NO3. The Morgan fingerprint density at radius 1 is 1.57 bits per heavy atom. The van der Waals surface area contributed by atoms with Crippen LogP contribution in [0.1, 0.15) is 16.7 Å². The molecule has 0 aliphatic rings. The molecule has 0 aliphatic heterocycles. The van der Waals surface area contributed by atoms with Crippen molar-refractivity contribution in [2.45, 2.75) is 13.3 Å². The number of nitrogens with zero attached hydrogens (tertiary/aromatic N) is 1. The van der Waals surface area contributed by atoms with Gasteiger partial charge < -0.3 is 10.2 Å². The minimum absolute atomic E-state index is 0.00990. The molecule has 1 aromatic rings. The Morgan fingerprint density at radius 3 is 2.71 bits per heavy atom. The predicted octanol–water partition coefficient (Wildman–Crippen LogP) is 1.20. The average molecular weight is 191 g/mol. The number of hydrogen-bond acceptors (Lipinski definition) is 3. The van der Waals surface area contributed by atoms with Crippen LogP contribution in [-0.2, 0) is 11.2 Å². The summed E-state index contributed by atoms with van der Waals surface area (Å²) < 4.78 is 0. The topological polar surface area (TPSA) is 81.3 Å². The van der Waals surface area contributed by atoms with Crippen LogP contribution < -0.4 is 0 Å². The van der Waals surface area contributed by atoms with Gasteiger partial charge in [-0.2, -0.15) is 5.26 Å². The van der Waals surface area contributed by atoms with Crippen molar-refractivity contribution in [2.24, 2.45) is 0 Å². The number of aromatic hydroxyl groups is 1. The molecule has 0 atom stereocenters. The Bertz CT molecular complexity index is 418.